The number of benzene rings is 2. The van der Waals surface area contributed by atoms with E-state index in [2.05, 4.69) is 10.3 Å². The molecule has 0 fully saturated rings. The molecule has 1 N–H and O–H groups in total. The standard InChI is InChI=1S/C20H20F2N4O3S/c1-14(26(30(2,28)29)17-7-8-18(21)19(22)11-17)20(27)24-12-15-3-5-16(6-4-15)25-10-9-23-13-25/h3-11,13-14H,12H2,1-2H3,(H,24,27). The molecular formula is C20H20F2N4O3S. The van der Waals surface area contributed by atoms with Crippen molar-refractivity contribution in [3.63, 3.8) is 0 Å². The quantitative estimate of drug-likeness (QED) is 0.620. The third-order valence-electron chi connectivity index (χ3n) is 4.45. The predicted molar refractivity (Wildman–Crippen MR) is 109 cm³/mol. The molecule has 2 aromatic carbocycles. The van der Waals surface area contributed by atoms with E-state index in [4.69, 9.17) is 0 Å². The number of hydrogen-bond acceptors (Lipinski definition) is 4. The molecule has 1 aromatic heterocycles. The first-order chi connectivity index (χ1) is 14.2. The van der Waals surface area contributed by atoms with Crippen molar-refractivity contribution >= 4 is 21.6 Å². The zero-order valence-electron chi connectivity index (χ0n) is 16.3. The first-order valence-electron chi connectivity index (χ1n) is 8.96. The van der Waals surface area contributed by atoms with E-state index in [9.17, 15) is 22.0 Å². The Hall–Kier alpha value is -3.27. The Kier molecular flexibility index (Phi) is 6.16. The van der Waals surface area contributed by atoms with Gasteiger partial charge in [-0.2, -0.15) is 0 Å². The van der Waals surface area contributed by atoms with Crippen molar-refractivity contribution in [1.29, 1.82) is 0 Å². The third-order valence-corrected chi connectivity index (χ3v) is 5.69. The van der Waals surface area contributed by atoms with E-state index in [0.717, 1.165) is 40.0 Å². The van der Waals surface area contributed by atoms with E-state index in [-0.39, 0.29) is 12.2 Å². The number of nitrogens with zero attached hydrogens (tertiary/aromatic N) is 3. The normalized spacial score (nSPS) is 12.4. The van der Waals surface area contributed by atoms with E-state index in [1.165, 1.54) is 6.92 Å². The Bertz CT molecular complexity index is 1130. The first-order valence-corrected chi connectivity index (χ1v) is 10.8. The second kappa shape index (κ2) is 8.62. The molecule has 0 saturated heterocycles. The molecule has 0 bridgehead atoms. The van der Waals surface area contributed by atoms with Gasteiger partial charge < -0.3 is 9.88 Å². The molecular weight excluding hydrogens is 414 g/mol. The maximum atomic E-state index is 13.6. The monoisotopic (exact) mass is 434 g/mol. The molecule has 0 aliphatic heterocycles. The summed E-state index contributed by atoms with van der Waals surface area (Å²) >= 11 is 0. The second-order valence-electron chi connectivity index (χ2n) is 6.69. The molecule has 7 nitrogen and oxygen atoms in total. The van der Waals surface area contributed by atoms with E-state index in [0.29, 0.717) is 0 Å². The van der Waals surface area contributed by atoms with Crippen LogP contribution in [0.5, 0.6) is 0 Å². The summed E-state index contributed by atoms with van der Waals surface area (Å²) in [4.78, 5) is 16.6. The van der Waals surface area contributed by atoms with Crippen LogP contribution in [0.15, 0.2) is 61.2 Å². The number of hydrogen-bond donors (Lipinski definition) is 1. The molecule has 0 aliphatic rings. The maximum Gasteiger partial charge on any atom is 0.243 e. The van der Waals surface area contributed by atoms with E-state index in [1.807, 2.05) is 28.8 Å². The number of imidazole rings is 1. The lowest BCUT2D eigenvalue weighted by molar-refractivity contribution is -0.122. The molecule has 158 valence electrons. The molecule has 30 heavy (non-hydrogen) atoms. The van der Waals surface area contributed by atoms with Crippen molar-refractivity contribution in [3.8, 4) is 5.69 Å². The van der Waals surface area contributed by atoms with Crippen LogP contribution < -0.4 is 9.62 Å². The van der Waals surface area contributed by atoms with Gasteiger partial charge in [-0.25, -0.2) is 22.2 Å². The van der Waals surface area contributed by atoms with Gasteiger partial charge in [0.15, 0.2) is 11.6 Å². The first kappa shape index (κ1) is 21.4. The average molecular weight is 434 g/mol. The maximum absolute atomic E-state index is 13.6. The Labute approximate surface area is 173 Å². The van der Waals surface area contributed by atoms with Gasteiger partial charge in [-0.3, -0.25) is 9.10 Å². The van der Waals surface area contributed by atoms with Crippen LogP contribution in [0.3, 0.4) is 0 Å². The van der Waals surface area contributed by atoms with Crippen molar-refractivity contribution < 1.29 is 22.0 Å². The number of aromatic nitrogens is 2. The number of carbonyl (C=O) groups is 1. The van der Waals surface area contributed by atoms with E-state index >= 15 is 0 Å². The molecule has 10 heteroatoms. The van der Waals surface area contributed by atoms with Gasteiger partial charge in [-0.05, 0) is 36.8 Å². The highest BCUT2D eigenvalue weighted by Crippen LogP contribution is 2.23. The van der Waals surface area contributed by atoms with Crippen molar-refractivity contribution in [2.75, 3.05) is 10.6 Å². The molecule has 0 aliphatic carbocycles. The van der Waals surface area contributed by atoms with Crippen LogP contribution in [-0.4, -0.2) is 36.2 Å². The largest absolute Gasteiger partial charge is 0.350 e. The lowest BCUT2D eigenvalue weighted by Crippen LogP contribution is -2.47. The van der Waals surface area contributed by atoms with Gasteiger partial charge in [0.25, 0.3) is 0 Å². The van der Waals surface area contributed by atoms with Crippen molar-refractivity contribution in [2.45, 2.75) is 19.5 Å². The van der Waals surface area contributed by atoms with Crippen molar-refractivity contribution in [3.05, 3.63) is 78.4 Å². The summed E-state index contributed by atoms with van der Waals surface area (Å²) in [6.45, 7) is 1.54. The molecule has 3 rings (SSSR count). The molecule has 0 radical (unpaired) electrons. The van der Waals surface area contributed by atoms with Crippen LogP contribution in [0.25, 0.3) is 5.69 Å². The Balaban J connectivity index is 1.71. The Morgan fingerprint density at radius 3 is 2.43 bits per heavy atom. The number of halogens is 2. The highest BCUT2D eigenvalue weighted by atomic mass is 32.2. The summed E-state index contributed by atoms with van der Waals surface area (Å²) in [5, 5.41) is 2.67. The second-order valence-corrected chi connectivity index (χ2v) is 8.55. The zero-order valence-corrected chi connectivity index (χ0v) is 17.1. The van der Waals surface area contributed by atoms with Crippen LogP contribution >= 0.6 is 0 Å². The average Bonchev–Trinajstić information content (AvgIpc) is 3.23. The van der Waals surface area contributed by atoms with Gasteiger partial charge >= 0.3 is 0 Å². The smallest absolute Gasteiger partial charge is 0.243 e. The summed E-state index contributed by atoms with van der Waals surface area (Å²) in [7, 11) is -3.93. The topological polar surface area (TPSA) is 84.3 Å². The predicted octanol–water partition coefficient (Wildman–Crippen LogP) is 2.62. The number of amides is 1. The van der Waals surface area contributed by atoms with Gasteiger partial charge in [-0.15, -0.1) is 0 Å². The minimum absolute atomic E-state index is 0.135. The van der Waals surface area contributed by atoms with Crippen LogP contribution in [0, 0.1) is 11.6 Å². The van der Waals surface area contributed by atoms with Gasteiger partial charge in [0.2, 0.25) is 15.9 Å². The SMILES string of the molecule is CC(C(=O)NCc1ccc(-n2ccnc2)cc1)N(c1ccc(F)c(F)c1)S(C)(=O)=O. The van der Waals surface area contributed by atoms with Gasteiger partial charge in [0.05, 0.1) is 18.3 Å². The third kappa shape index (κ3) is 4.82. The highest BCUT2D eigenvalue weighted by Gasteiger charge is 2.29. The van der Waals surface area contributed by atoms with E-state index in [1.54, 1.807) is 18.7 Å². The molecule has 1 atom stereocenters. The minimum atomic E-state index is -3.93. The Morgan fingerprint density at radius 2 is 1.87 bits per heavy atom. The number of anilines is 1. The fraction of sp³-hybridized carbons (Fsp3) is 0.200. The number of nitrogens with one attached hydrogen (secondary N) is 1. The van der Waals surface area contributed by atoms with Crippen molar-refractivity contribution in [1.82, 2.24) is 14.9 Å². The minimum Gasteiger partial charge on any atom is -0.350 e. The molecule has 1 amide bonds. The fourth-order valence-corrected chi connectivity index (χ4v) is 4.13. The summed E-state index contributed by atoms with van der Waals surface area (Å²) in [6.07, 6.45) is 6.02. The van der Waals surface area contributed by atoms with Crippen molar-refractivity contribution in [2.24, 2.45) is 0 Å². The molecule has 3 aromatic rings. The highest BCUT2D eigenvalue weighted by molar-refractivity contribution is 7.92. The molecule has 1 unspecified atom stereocenters. The summed E-state index contributed by atoms with van der Waals surface area (Å²) in [5.74, 6) is -2.89. The molecule has 0 spiro atoms. The number of carbonyl (C=O) groups excluding carboxylic acids is 1. The van der Waals surface area contributed by atoms with Crippen LogP contribution in [0.1, 0.15) is 12.5 Å². The fourth-order valence-electron chi connectivity index (χ4n) is 2.97. The lowest BCUT2D eigenvalue weighted by atomic mass is 10.2. The van der Waals surface area contributed by atoms with Gasteiger partial charge in [0, 0.05) is 30.7 Å². The van der Waals surface area contributed by atoms with Crippen LogP contribution in [-0.2, 0) is 21.4 Å². The van der Waals surface area contributed by atoms with E-state index < -0.39 is 33.6 Å². The number of rotatable bonds is 7. The van der Waals surface area contributed by atoms with Crippen LogP contribution in [0.2, 0.25) is 0 Å². The zero-order chi connectivity index (χ0) is 21.9. The molecule has 1 heterocycles. The van der Waals surface area contributed by atoms with Gasteiger partial charge in [0.1, 0.15) is 6.04 Å². The van der Waals surface area contributed by atoms with Gasteiger partial charge in [-0.1, -0.05) is 12.1 Å². The number of sulfonamides is 1. The lowest BCUT2D eigenvalue weighted by Gasteiger charge is -2.28. The molecule has 0 saturated carbocycles. The van der Waals surface area contributed by atoms with Crippen LogP contribution in [0.4, 0.5) is 14.5 Å². The summed E-state index contributed by atoms with van der Waals surface area (Å²) < 4.78 is 53.8. The Morgan fingerprint density at radius 1 is 1.17 bits per heavy atom. The summed E-state index contributed by atoms with van der Waals surface area (Å²) in [6, 6.07) is 8.86. The summed E-state index contributed by atoms with van der Waals surface area (Å²) in [5.41, 5.74) is 1.57.